The van der Waals surface area contributed by atoms with Crippen molar-refractivity contribution in [1.82, 2.24) is 20.5 Å². The summed E-state index contributed by atoms with van der Waals surface area (Å²) in [7, 11) is 0. The van der Waals surface area contributed by atoms with Gasteiger partial charge in [0, 0.05) is 30.7 Å². The third-order valence-electron chi connectivity index (χ3n) is 6.44. The van der Waals surface area contributed by atoms with E-state index in [9.17, 15) is 14.4 Å². The highest BCUT2D eigenvalue weighted by molar-refractivity contribution is 8.14. The number of rotatable bonds is 7. The van der Waals surface area contributed by atoms with Crippen molar-refractivity contribution in [2.75, 3.05) is 17.6 Å². The van der Waals surface area contributed by atoms with Crippen LogP contribution in [0.5, 0.6) is 0 Å². The van der Waals surface area contributed by atoms with Crippen LogP contribution >= 0.6 is 11.8 Å². The minimum absolute atomic E-state index is 0.0609. The maximum atomic E-state index is 13.3. The number of hydrazone groups is 1. The van der Waals surface area contributed by atoms with Crippen LogP contribution in [0.3, 0.4) is 0 Å². The van der Waals surface area contributed by atoms with Gasteiger partial charge in [0.15, 0.2) is 11.5 Å². The Morgan fingerprint density at radius 2 is 1.91 bits per heavy atom. The van der Waals surface area contributed by atoms with Crippen molar-refractivity contribution in [1.29, 1.82) is 0 Å². The first kappa shape index (κ1) is 24.4. The van der Waals surface area contributed by atoms with E-state index in [-0.39, 0.29) is 47.9 Å². The lowest BCUT2D eigenvalue weighted by Crippen LogP contribution is -2.67. The molecule has 9 nitrogen and oxygen atoms in total. The Balaban J connectivity index is 1.41. The number of nitrogens with one attached hydrogen (secondary N) is 3. The quantitative estimate of drug-likeness (QED) is 0.547. The van der Waals surface area contributed by atoms with Crippen LogP contribution in [0.4, 0.5) is 5.69 Å². The minimum Gasteiger partial charge on any atom is -0.354 e. The van der Waals surface area contributed by atoms with Gasteiger partial charge in [-0.1, -0.05) is 42.3 Å². The molecule has 0 spiro atoms. The zero-order valence-corrected chi connectivity index (χ0v) is 20.9. The van der Waals surface area contributed by atoms with Crippen molar-refractivity contribution in [3.63, 3.8) is 0 Å². The van der Waals surface area contributed by atoms with Gasteiger partial charge < -0.3 is 20.4 Å². The molecule has 3 amide bonds. The molecular weight excluding hydrogens is 452 g/mol. The van der Waals surface area contributed by atoms with Gasteiger partial charge in [0.1, 0.15) is 0 Å². The number of amides is 3. The second-order valence-electron chi connectivity index (χ2n) is 9.47. The predicted octanol–water partition coefficient (Wildman–Crippen LogP) is 2.44. The van der Waals surface area contributed by atoms with Crippen LogP contribution in [-0.4, -0.2) is 63.4 Å². The van der Waals surface area contributed by atoms with Crippen molar-refractivity contribution in [2.45, 2.75) is 71.2 Å². The molecule has 2 fully saturated rings. The molecule has 1 saturated carbocycles. The van der Waals surface area contributed by atoms with Crippen molar-refractivity contribution >= 4 is 40.3 Å². The first-order valence-electron chi connectivity index (χ1n) is 12.0. The van der Waals surface area contributed by atoms with E-state index < -0.39 is 6.29 Å². The van der Waals surface area contributed by atoms with Crippen LogP contribution in [0.2, 0.25) is 0 Å². The fourth-order valence-electron chi connectivity index (χ4n) is 4.87. The molecule has 4 rings (SSSR count). The second kappa shape index (κ2) is 10.7. The number of aryl methyl sites for hydroxylation is 1. The average Bonchev–Trinajstić information content (AvgIpc) is 3.23. The number of nitrogens with zero attached hydrogens (tertiary/aromatic N) is 3. The summed E-state index contributed by atoms with van der Waals surface area (Å²) in [5.74, 6) is 0.0382. The topological polar surface area (TPSA) is 106 Å². The van der Waals surface area contributed by atoms with Gasteiger partial charge in [-0.3, -0.25) is 19.8 Å². The summed E-state index contributed by atoms with van der Waals surface area (Å²) in [4.78, 5) is 42.0. The maximum absolute atomic E-state index is 13.3. The maximum Gasteiger partial charge on any atom is 0.234 e. The zero-order valence-electron chi connectivity index (χ0n) is 20.0. The van der Waals surface area contributed by atoms with E-state index in [1.54, 1.807) is 4.90 Å². The van der Waals surface area contributed by atoms with Crippen molar-refractivity contribution < 1.29 is 14.4 Å². The number of thioether (sulfide) groups is 1. The minimum atomic E-state index is -0.415. The number of hydrogen-bond donors (Lipinski definition) is 3. The normalized spacial score (nSPS) is 23.7. The van der Waals surface area contributed by atoms with Crippen LogP contribution in [0.15, 0.2) is 29.4 Å². The Bertz CT molecular complexity index is 951. The number of carbonyl (C=O) groups excluding carboxylic acids is 3. The van der Waals surface area contributed by atoms with E-state index >= 15 is 0 Å². The summed E-state index contributed by atoms with van der Waals surface area (Å²) < 4.78 is 0. The lowest BCUT2D eigenvalue weighted by Gasteiger charge is -2.50. The molecule has 3 aliphatic rings. The molecule has 3 N–H and O–H groups in total. The fraction of sp³-hybridized carbons (Fsp3) is 0.583. The molecule has 1 aliphatic carbocycles. The van der Waals surface area contributed by atoms with Crippen LogP contribution in [0.25, 0.3) is 0 Å². The number of carbonyl (C=O) groups is 3. The van der Waals surface area contributed by atoms with Gasteiger partial charge in [-0.05, 0) is 45.7 Å². The standard InChI is InChI=1S/C24H34N6O3S/c1-15(2)25-20(31)12-13-29-22(33)18-6-4-5-7-19(18)30-23(29)27-28-24(30)34-14-21(32)26-17-10-8-16(3)9-11-17/h8-11,15,18-19,23,27H,4-7,12-14H2,1-3H3,(H,25,31)(H,26,32). The SMILES string of the molecule is Cc1ccc(NC(=O)CSC2=NNC3N(CCC(=O)NC(C)C)C(=O)C4CCCCC4N23)cc1. The lowest BCUT2D eigenvalue weighted by molar-refractivity contribution is -0.155. The monoisotopic (exact) mass is 486 g/mol. The Hall–Kier alpha value is -2.75. The molecule has 1 aromatic carbocycles. The zero-order chi connectivity index (χ0) is 24.2. The summed E-state index contributed by atoms with van der Waals surface area (Å²) in [6.45, 7) is 6.17. The van der Waals surface area contributed by atoms with Gasteiger partial charge in [-0.2, -0.15) is 5.10 Å². The summed E-state index contributed by atoms with van der Waals surface area (Å²) in [6, 6.07) is 7.82. The third kappa shape index (κ3) is 5.48. The van der Waals surface area contributed by atoms with Crippen LogP contribution < -0.4 is 16.1 Å². The molecule has 2 aliphatic heterocycles. The molecule has 0 radical (unpaired) electrons. The van der Waals surface area contributed by atoms with E-state index in [0.717, 1.165) is 42.1 Å². The van der Waals surface area contributed by atoms with Gasteiger partial charge in [-0.15, -0.1) is 0 Å². The van der Waals surface area contributed by atoms with Crippen LogP contribution in [0.1, 0.15) is 51.5 Å². The summed E-state index contributed by atoms with van der Waals surface area (Å²) in [6.07, 6.45) is 3.69. The van der Waals surface area contributed by atoms with E-state index in [4.69, 9.17) is 0 Å². The van der Waals surface area contributed by atoms with Gasteiger partial charge in [0.25, 0.3) is 0 Å². The molecule has 0 bridgehead atoms. The number of benzene rings is 1. The van der Waals surface area contributed by atoms with E-state index in [2.05, 4.69) is 26.1 Å². The molecule has 34 heavy (non-hydrogen) atoms. The number of anilines is 1. The molecule has 1 aromatic rings. The Morgan fingerprint density at radius 3 is 2.65 bits per heavy atom. The molecule has 184 valence electrons. The van der Waals surface area contributed by atoms with Crippen molar-refractivity contribution in [3.05, 3.63) is 29.8 Å². The van der Waals surface area contributed by atoms with E-state index in [1.165, 1.54) is 11.8 Å². The lowest BCUT2D eigenvalue weighted by atomic mass is 9.81. The first-order valence-corrected chi connectivity index (χ1v) is 13.0. The molecular formula is C24H34N6O3S. The van der Waals surface area contributed by atoms with Crippen molar-refractivity contribution in [2.24, 2.45) is 11.0 Å². The summed E-state index contributed by atoms with van der Waals surface area (Å²) >= 11 is 1.38. The fourth-order valence-corrected chi connectivity index (χ4v) is 5.70. The van der Waals surface area contributed by atoms with Crippen LogP contribution in [-0.2, 0) is 14.4 Å². The number of amidine groups is 1. The van der Waals surface area contributed by atoms with E-state index in [1.807, 2.05) is 45.0 Å². The highest BCUT2D eigenvalue weighted by atomic mass is 32.2. The third-order valence-corrected chi connectivity index (χ3v) is 7.41. The Labute approximate surface area is 205 Å². The van der Waals surface area contributed by atoms with Gasteiger partial charge in [0.05, 0.1) is 11.7 Å². The number of hydrogen-bond acceptors (Lipinski definition) is 7. The second-order valence-corrected chi connectivity index (χ2v) is 10.4. The summed E-state index contributed by atoms with van der Waals surface area (Å²) in [5, 5.41) is 11.0. The smallest absolute Gasteiger partial charge is 0.234 e. The van der Waals surface area contributed by atoms with Gasteiger partial charge in [-0.25, -0.2) is 0 Å². The molecule has 3 atom stereocenters. The Morgan fingerprint density at radius 1 is 1.18 bits per heavy atom. The molecule has 1 saturated heterocycles. The molecule has 0 aromatic heterocycles. The predicted molar refractivity (Wildman–Crippen MR) is 134 cm³/mol. The number of fused-ring (bicyclic) bond motifs is 3. The Kier molecular flexibility index (Phi) is 7.65. The van der Waals surface area contributed by atoms with Crippen LogP contribution in [0, 0.1) is 12.8 Å². The first-order chi connectivity index (χ1) is 16.3. The highest BCUT2D eigenvalue weighted by Gasteiger charge is 2.50. The summed E-state index contributed by atoms with van der Waals surface area (Å²) in [5.41, 5.74) is 5.00. The average molecular weight is 487 g/mol. The largest absolute Gasteiger partial charge is 0.354 e. The molecule has 2 heterocycles. The highest BCUT2D eigenvalue weighted by Crippen LogP contribution is 2.38. The van der Waals surface area contributed by atoms with Gasteiger partial charge >= 0.3 is 0 Å². The molecule has 3 unspecified atom stereocenters. The van der Waals surface area contributed by atoms with Crippen molar-refractivity contribution in [3.8, 4) is 0 Å². The van der Waals surface area contributed by atoms with Gasteiger partial charge in [0.2, 0.25) is 17.7 Å². The molecule has 10 heteroatoms. The van der Waals surface area contributed by atoms with E-state index in [0.29, 0.717) is 6.54 Å².